The third-order valence-electron chi connectivity index (χ3n) is 3.55. The molecule has 0 spiro atoms. The van der Waals surface area contributed by atoms with Gasteiger partial charge in [-0.2, -0.15) is 0 Å². The summed E-state index contributed by atoms with van der Waals surface area (Å²) in [6.45, 7) is 2.40. The summed E-state index contributed by atoms with van der Waals surface area (Å²) < 4.78 is 27.7. The number of anilines is 1. The summed E-state index contributed by atoms with van der Waals surface area (Å²) in [7, 11) is 0. The minimum absolute atomic E-state index is 0.0361. The van der Waals surface area contributed by atoms with E-state index < -0.39 is 17.5 Å². The normalized spacial score (nSPS) is 15.3. The van der Waals surface area contributed by atoms with Crippen molar-refractivity contribution in [1.29, 1.82) is 0 Å². The van der Waals surface area contributed by atoms with Crippen LogP contribution in [0.15, 0.2) is 12.1 Å². The van der Waals surface area contributed by atoms with Crippen molar-refractivity contribution in [2.45, 2.75) is 45.1 Å². The molecule has 5 heteroatoms. The predicted octanol–water partition coefficient (Wildman–Crippen LogP) is 3.46. The van der Waals surface area contributed by atoms with Crippen LogP contribution in [0.2, 0.25) is 0 Å². The van der Waals surface area contributed by atoms with Crippen LogP contribution in [0, 0.1) is 11.6 Å². The highest BCUT2D eigenvalue weighted by atomic mass is 19.1. The van der Waals surface area contributed by atoms with Gasteiger partial charge in [-0.3, -0.25) is 4.79 Å². The van der Waals surface area contributed by atoms with Crippen molar-refractivity contribution in [1.82, 2.24) is 5.32 Å². The smallest absolute Gasteiger partial charge is 0.251 e. The SMILES string of the molecule is CCCNc1c(F)cc(C(=O)NC2CCCC2)cc1F. The third kappa shape index (κ3) is 3.46. The van der Waals surface area contributed by atoms with Crippen molar-refractivity contribution in [3.63, 3.8) is 0 Å². The Hall–Kier alpha value is -1.65. The van der Waals surface area contributed by atoms with Crippen molar-refractivity contribution >= 4 is 11.6 Å². The predicted molar refractivity (Wildman–Crippen MR) is 74.9 cm³/mol. The zero-order valence-electron chi connectivity index (χ0n) is 11.6. The van der Waals surface area contributed by atoms with Crippen molar-refractivity contribution in [3.8, 4) is 0 Å². The molecule has 20 heavy (non-hydrogen) atoms. The second-order valence-electron chi connectivity index (χ2n) is 5.20. The highest BCUT2D eigenvalue weighted by Crippen LogP contribution is 2.22. The average Bonchev–Trinajstić information content (AvgIpc) is 2.90. The lowest BCUT2D eigenvalue weighted by atomic mass is 10.1. The van der Waals surface area contributed by atoms with Crippen LogP contribution in [0.4, 0.5) is 14.5 Å². The molecule has 2 rings (SSSR count). The summed E-state index contributed by atoms with van der Waals surface area (Å²) >= 11 is 0. The summed E-state index contributed by atoms with van der Waals surface area (Å²) in [5.41, 5.74) is -0.127. The van der Waals surface area contributed by atoms with Gasteiger partial charge in [-0.15, -0.1) is 0 Å². The summed E-state index contributed by atoms with van der Waals surface area (Å²) in [6.07, 6.45) is 4.82. The molecule has 1 aliphatic rings. The summed E-state index contributed by atoms with van der Waals surface area (Å²) in [6, 6.07) is 2.31. The summed E-state index contributed by atoms with van der Waals surface area (Å²) in [4.78, 5) is 12.0. The fraction of sp³-hybridized carbons (Fsp3) is 0.533. The molecule has 0 aromatic heterocycles. The van der Waals surface area contributed by atoms with Gasteiger partial charge in [0.1, 0.15) is 17.3 Å². The van der Waals surface area contributed by atoms with E-state index in [2.05, 4.69) is 10.6 Å². The van der Waals surface area contributed by atoms with Crippen molar-refractivity contribution in [2.75, 3.05) is 11.9 Å². The van der Waals surface area contributed by atoms with Gasteiger partial charge in [0.25, 0.3) is 5.91 Å². The number of halogens is 2. The minimum atomic E-state index is -0.727. The Morgan fingerprint density at radius 2 is 1.85 bits per heavy atom. The first kappa shape index (κ1) is 14.8. The lowest BCUT2D eigenvalue weighted by Gasteiger charge is -2.13. The zero-order valence-corrected chi connectivity index (χ0v) is 11.6. The molecule has 0 heterocycles. The Morgan fingerprint density at radius 1 is 1.25 bits per heavy atom. The van der Waals surface area contributed by atoms with E-state index in [4.69, 9.17) is 0 Å². The van der Waals surface area contributed by atoms with E-state index in [9.17, 15) is 13.6 Å². The topological polar surface area (TPSA) is 41.1 Å². The molecule has 2 N–H and O–H groups in total. The Balaban J connectivity index is 2.10. The molecule has 110 valence electrons. The Morgan fingerprint density at radius 3 is 2.40 bits per heavy atom. The van der Waals surface area contributed by atoms with E-state index in [1.165, 1.54) is 0 Å². The van der Waals surface area contributed by atoms with Crippen LogP contribution >= 0.6 is 0 Å². The first-order valence-electron chi connectivity index (χ1n) is 7.15. The molecule has 0 radical (unpaired) electrons. The van der Waals surface area contributed by atoms with Crippen LogP contribution in [0.3, 0.4) is 0 Å². The standard InChI is InChI=1S/C15H20F2N2O/c1-2-7-18-14-12(16)8-10(9-13(14)17)15(20)19-11-5-3-4-6-11/h8-9,11,18H,2-7H2,1H3,(H,19,20). The van der Waals surface area contributed by atoms with E-state index in [0.29, 0.717) is 6.54 Å². The Kier molecular flexibility index (Phi) is 4.93. The van der Waals surface area contributed by atoms with E-state index in [0.717, 1.165) is 44.2 Å². The van der Waals surface area contributed by atoms with Crippen LogP contribution in [-0.4, -0.2) is 18.5 Å². The monoisotopic (exact) mass is 282 g/mol. The van der Waals surface area contributed by atoms with Crippen molar-refractivity contribution in [3.05, 3.63) is 29.3 Å². The number of carbonyl (C=O) groups is 1. The fourth-order valence-corrected chi connectivity index (χ4v) is 2.46. The number of rotatable bonds is 5. The van der Waals surface area contributed by atoms with Gasteiger partial charge in [0.2, 0.25) is 0 Å². The molecule has 1 aromatic carbocycles. The van der Waals surface area contributed by atoms with Crippen LogP contribution in [0.5, 0.6) is 0 Å². The van der Waals surface area contributed by atoms with Gasteiger partial charge in [-0.1, -0.05) is 19.8 Å². The first-order chi connectivity index (χ1) is 9.61. The largest absolute Gasteiger partial charge is 0.380 e. The first-order valence-corrected chi connectivity index (χ1v) is 7.15. The summed E-state index contributed by atoms with van der Waals surface area (Å²) in [5, 5.41) is 5.51. The maximum atomic E-state index is 13.8. The quantitative estimate of drug-likeness (QED) is 0.868. The van der Waals surface area contributed by atoms with Gasteiger partial charge >= 0.3 is 0 Å². The van der Waals surface area contributed by atoms with Crippen LogP contribution in [-0.2, 0) is 0 Å². The molecule has 0 atom stereocenters. The number of benzene rings is 1. The average molecular weight is 282 g/mol. The van der Waals surface area contributed by atoms with E-state index >= 15 is 0 Å². The Bertz CT molecular complexity index is 462. The maximum absolute atomic E-state index is 13.8. The number of hydrogen-bond donors (Lipinski definition) is 2. The number of nitrogens with one attached hydrogen (secondary N) is 2. The van der Waals surface area contributed by atoms with Gasteiger partial charge in [0, 0.05) is 18.2 Å². The van der Waals surface area contributed by atoms with Gasteiger partial charge in [0.05, 0.1) is 0 Å². The molecule has 1 amide bonds. The molecule has 0 unspecified atom stereocenters. The maximum Gasteiger partial charge on any atom is 0.251 e. The highest BCUT2D eigenvalue weighted by Gasteiger charge is 2.20. The third-order valence-corrected chi connectivity index (χ3v) is 3.55. The molecule has 1 aromatic rings. The van der Waals surface area contributed by atoms with Crippen LogP contribution < -0.4 is 10.6 Å². The molecule has 1 aliphatic carbocycles. The van der Waals surface area contributed by atoms with Crippen LogP contribution in [0.25, 0.3) is 0 Å². The lowest BCUT2D eigenvalue weighted by molar-refractivity contribution is 0.0937. The highest BCUT2D eigenvalue weighted by molar-refractivity contribution is 5.94. The van der Waals surface area contributed by atoms with E-state index in [1.807, 2.05) is 6.92 Å². The second-order valence-corrected chi connectivity index (χ2v) is 5.20. The second kappa shape index (κ2) is 6.68. The molecule has 1 saturated carbocycles. The molecule has 0 saturated heterocycles. The summed E-state index contributed by atoms with van der Waals surface area (Å²) in [5.74, 6) is -1.86. The number of amides is 1. The molecular weight excluding hydrogens is 262 g/mol. The molecule has 0 aliphatic heterocycles. The van der Waals surface area contributed by atoms with Gasteiger partial charge in [-0.25, -0.2) is 8.78 Å². The molecular formula is C15H20F2N2O. The van der Waals surface area contributed by atoms with Gasteiger partial charge in [-0.05, 0) is 31.4 Å². The number of carbonyl (C=O) groups excluding carboxylic acids is 1. The minimum Gasteiger partial charge on any atom is -0.380 e. The van der Waals surface area contributed by atoms with Gasteiger partial charge < -0.3 is 10.6 Å². The molecule has 3 nitrogen and oxygen atoms in total. The van der Waals surface area contributed by atoms with E-state index in [1.54, 1.807) is 0 Å². The fourth-order valence-electron chi connectivity index (χ4n) is 2.46. The van der Waals surface area contributed by atoms with Gasteiger partial charge in [0.15, 0.2) is 0 Å². The lowest BCUT2D eigenvalue weighted by Crippen LogP contribution is -2.32. The van der Waals surface area contributed by atoms with Crippen LogP contribution in [0.1, 0.15) is 49.4 Å². The number of hydrogen-bond acceptors (Lipinski definition) is 2. The molecule has 0 bridgehead atoms. The zero-order chi connectivity index (χ0) is 14.5. The van der Waals surface area contributed by atoms with Crippen molar-refractivity contribution < 1.29 is 13.6 Å². The molecule has 1 fully saturated rings. The Labute approximate surface area is 117 Å². The van der Waals surface area contributed by atoms with E-state index in [-0.39, 0.29) is 17.3 Å². The van der Waals surface area contributed by atoms with Crippen molar-refractivity contribution in [2.24, 2.45) is 0 Å².